The maximum atomic E-state index is 2.48. The predicted molar refractivity (Wildman–Crippen MR) is 233 cm³/mol. The summed E-state index contributed by atoms with van der Waals surface area (Å²) in [7, 11) is 0. The molecule has 0 N–H and O–H groups in total. The summed E-state index contributed by atoms with van der Waals surface area (Å²) in [5.41, 5.74) is 14.7. The van der Waals surface area contributed by atoms with Crippen LogP contribution in [0.2, 0.25) is 0 Å². The molecule has 0 radical (unpaired) electrons. The zero-order valence-electron chi connectivity index (χ0n) is 30.9. The number of aromatic nitrogens is 1. The first-order chi connectivity index (χ1) is 27.0. The number of nitrogens with zero attached hydrogens (tertiary/aromatic N) is 2. The second kappa shape index (κ2) is 12.1. The number of benzene rings is 9. The molecule has 1 aromatic heterocycles. The quantitative estimate of drug-likeness (QED) is 0.173. The lowest BCUT2D eigenvalue weighted by atomic mass is 9.82. The summed E-state index contributed by atoms with van der Waals surface area (Å²) in [6, 6.07) is 71.3. The van der Waals surface area contributed by atoms with Crippen molar-refractivity contribution in [3.8, 4) is 27.9 Å². The summed E-state index contributed by atoms with van der Waals surface area (Å²) >= 11 is 0. The van der Waals surface area contributed by atoms with Crippen LogP contribution in [0.25, 0.3) is 71.3 Å². The molecule has 2 heteroatoms. The lowest BCUT2D eigenvalue weighted by Gasteiger charge is -2.28. The fraction of sp³-hybridized carbons (Fsp3) is 0.0566. The van der Waals surface area contributed by atoms with Crippen molar-refractivity contribution in [2.75, 3.05) is 4.90 Å². The molecule has 0 bridgehead atoms. The third-order valence-electron chi connectivity index (χ3n) is 11.9. The van der Waals surface area contributed by atoms with Crippen molar-refractivity contribution in [1.82, 2.24) is 4.57 Å². The molecular weight excluding hydrogens is 665 g/mol. The summed E-state index contributed by atoms with van der Waals surface area (Å²) in [6.45, 7) is 4.77. The zero-order valence-corrected chi connectivity index (χ0v) is 30.9. The van der Waals surface area contributed by atoms with Gasteiger partial charge in [0, 0.05) is 44.3 Å². The van der Waals surface area contributed by atoms with Gasteiger partial charge in [-0.25, -0.2) is 0 Å². The minimum atomic E-state index is -0.209. The first kappa shape index (κ1) is 31.6. The maximum Gasteiger partial charge on any atom is 0.0619 e. The molecule has 0 saturated heterocycles. The Balaban J connectivity index is 1.02. The third-order valence-corrected chi connectivity index (χ3v) is 11.9. The highest BCUT2D eigenvalue weighted by Crippen LogP contribution is 2.52. The summed E-state index contributed by atoms with van der Waals surface area (Å²) in [5.74, 6) is 0. The fourth-order valence-electron chi connectivity index (χ4n) is 9.19. The van der Waals surface area contributed by atoms with E-state index in [9.17, 15) is 0 Å². The number of para-hydroxylation sites is 2. The van der Waals surface area contributed by atoms with Gasteiger partial charge in [-0.3, -0.25) is 0 Å². The largest absolute Gasteiger partial charge is 0.310 e. The van der Waals surface area contributed by atoms with Crippen molar-refractivity contribution < 1.29 is 0 Å². The molecule has 1 heterocycles. The highest BCUT2D eigenvalue weighted by atomic mass is 15.1. The van der Waals surface area contributed by atoms with Gasteiger partial charge < -0.3 is 9.47 Å². The summed E-state index contributed by atoms with van der Waals surface area (Å²) in [6.07, 6.45) is 0. The van der Waals surface area contributed by atoms with E-state index >= 15 is 0 Å². The first-order valence-electron chi connectivity index (χ1n) is 19.2. The molecule has 260 valence electrons. The van der Waals surface area contributed by atoms with Crippen molar-refractivity contribution in [2.45, 2.75) is 19.3 Å². The molecule has 11 rings (SSSR count). The monoisotopic (exact) mass is 702 g/mol. The van der Waals surface area contributed by atoms with Gasteiger partial charge in [0.1, 0.15) is 0 Å². The third kappa shape index (κ3) is 4.88. The Morgan fingerprint density at radius 2 is 1.00 bits per heavy atom. The Morgan fingerprint density at radius 3 is 1.82 bits per heavy atom. The molecule has 2 nitrogen and oxygen atoms in total. The number of hydrogen-bond donors (Lipinski definition) is 0. The number of anilines is 3. The van der Waals surface area contributed by atoms with Gasteiger partial charge in [-0.05, 0) is 110 Å². The molecule has 0 spiro atoms. The van der Waals surface area contributed by atoms with Gasteiger partial charge in [0.15, 0.2) is 0 Å². The van der Waals surface area contributed by atoms with Crippen molar-refractivity contribution in [1.29, 1.82) is 0 Å². The molecule has 55 heavy (non-hydrogen) atoms. The lowest BCUT2D eigenvalue weighted by Crippen LogP contribution is -2.17. The van der Waals surface area contributed by atoms with Crippen LogP contribution in [0.4, 0.5) is 17.1 Å². The standard InChI is InChI=1S/C53H38N2/c1-53(2)49-33-42(54(40-15-4-3-5-16-40)41-25-22-36(23-26-41)39-21-20-35-12-6-7-14-38(35)32-39)27-30-45(49)46-31-28-43(34-50(46)53)55-51-19-11-10-18-47(51)48-29-24-37-13-8-9-17-44(37)52(48)55/h3-34H,1-2H3. The van der Waals surface area contributed by atoms with E-state index in [1.165, 1.54) is 82.4 Å². The van der Waals surface area contributed by atoms with E-state index in [1.54, 1.807) is 0 Å². The van der Waals surface area contributed by atoms with Gasteiger partial charge in [-0.2, -0.15) is 0 Å². The Bertz CT molecular complexity index is 3110. The normalized spacial score (nSPS) is 13.1. The van der Waals surface area contributed by atoms with Crippen LogP contribution >= 0.6 is 0 Å². The van der Waals surface area contributed by atoms with Crippen molar-refractivity contribution in [3.63, 3.8) is 0 Å². The van der Waals surface area contributed by atoms with E-state index in [2.05, 4.69) is 217 Å². The zero-order chi connectivity index (χ0) is 36.7. The number of fused-ring (bicyclic) bond motifs is 9. The average Bonchev–Trinajstić information content (AvgIpc) is 3.70. The van der Waals surface area contributed by atoms with E-state index in [1.807, 2.05) is 0 Å². The van der Waals surface area contributed by atoms with Gasteiger partial charge in [-0.15, -0.1) is 0 Å². The molecule has 0 unspecified atom stereocenters. The van der Waals surface area contributed by atoms with Crippen LogP contribution < -0.4 is 4.90 Å². The minimum Gasteiger partial charge on any atom is -0.310 e. The van der Waals surface area contributed by atoms with Gasteiger partial charge >= 0.3 is 0 Å². The average molecular weight is 703 g/mol. The minimum absolute atomic E-state index is 0.209. The topological polar surface area (TPSA) is 8.17 Å². The Labute approximate surface area is 321 Å². The van der Waals surface area contributed by atoms with Gasteiger partial charge in [0.25, 0.3) is 0 Å². The predicted octanol–water partition coefficient (Wildman–Crippen LogP) is 14.5. The van der Waals surface area contributed by atoms with Crippen LogP contribution in [0, 0.1) is 0 Å². The van der Waals surface area contributed by atoms with Crippen LogP contribution in [-0.2, 0) is 5.41 Å². The summed E-state index contributed by atoms with van der Waals surface area (Å²) < 4.78 is 2.48. The fourth-order valence-corrected chi connectivity index (χ4v) is 9.19. The molecule has 0 fully saturated rings. The molecule has 0 atom stereocenters. The molecule has 0 aliphatic heterocycles. The Morgan fingerprint density at radius 1 is 0.400 bits per heavy atom. The molecule has 1 aliphatic rings. The Hall–Kier alpha value is -6.90. The van der Waals surface area contributed by atoms with E-state index in [4.69, 9.17) is 0 Å². The second-order valence-electron chi connectivity index (χ2n) is 15.4. The van der Waals surface area contributed by atoms with Crippen molar-refractivity contribution in [2.24, 2.45) is 0 Å². The van der Waals surface area contributed by atoms with Crippen LogP contribution in [0.3, 0.4) is 0 Å². The first-order valence-corrected chi connectivity index (χ1v) is 19.2. The SMILES string of the molecule is CC1(C)c2cc(N(c3ccccc3)c3ccc(-c4ccc5ccccc5c4)cc3)ccc2-c2ccc(-n3c4ccccc4c4ccc5ccccc5c43)cc21. The van der Waals surface area contributed by atoms with Crippen molar-refractivity contribution in [3.05, 3.63) is 205 Å². The van der Waals surface area contributed by atoms with E-state index in [-0.39, 0.29) is 5.41 Å². The van der Waals surface area contributed by atoms with Gasteiger partial charge in [0.05, 0.1) is 11.0 Å². The summed E-state index contributed by atoms with van der Waals surface area (Å²) in [4.78, 5) is 2.39. The molecule has 1 aliphatic carbocycles. The molecule has 10 aromatic rings. The smallest absolute Gasteiger partial charge is 0.0619 e. The number of rotatable bonds is 5. The maximum absolute atomic E-state index is 2.48. The van der Waals surface area contributed by atoms with Gasteiger partial charge in [-0.1, -0.05) is 147 Å². The molecule has 9 aromatic carbocycles. The van der Waals surface area contributed by atoms with Crippen molar-refractivity contribution >= 4 is 60.4 Å². The highest BCUT2D eigenvalue weighted by molar-refractivity contribution is 6.18. The van der Waals surface area contributed by atoms with Crippen LogP contribution in [0.15, 0.2) is 194 Å². The second-order valence-corrected chi connectivity index (χ2v) is 15.4. The molecule has 0 saturated carbocycles. The van der Waals surface area contributed by atoms with E-state index in [0.717, 1.165) is 17.1 Å². The number of hydrogen-bond acceptors (Lipinski definition) is 1. The van der Waals surface area contributed by atoms with Crippen LogP contribution in [-0.4, -0.2) is 4.57 Å². The highest BCUT2D eigenvalue weighted by Gasteiger charge is 2.36. The molecular formula is C53H38N2. The molecule has 0 amide bonds. The van der Waals surface area contributed by atoms with Crippen LogP contribution in [0.1, 0.15) is 25.0 Å². The van der Waals surface area contributed by atoms with E-state index < -0.39 is 0 Å². The summed E-state index contributed by atoms with van der Waals surface area (Å²) in [5, 5.41) is 7.61. The van der Waals surface area contributed by atoms with E-state index in [0.29, 0.717) is 0 Å². The van der Waals surface area contributed by atoms with Crippen LogP contribution in [0.5, 0.6) is 0 Å². The lowest BCUT2D eigenvalue weighted by molar-refractivity contribution is 0.660. The Kier molecular flexibility index (Phi) is 6.93. The van der Waals surface area contributed by atoms with Gasteiger partial charge in [0.2, 0.25) is 0 Å².